The van der Waals surface area contributed by atoms with Crippen molar-refractivity contribution in [2.24, 2.45) is 5.73 Å². The largest absolute Gasteiger partial charge is 0.324 e. The van der Waals surface area contributed by atoms with Crippen LogP contribution in [0.15, 0.2) is 47.4 Å². The van der Waals surface area contributed by atoms with Crippen LogP contribution in [0.3, 0.4) is 0 Å². The molecule has 0 amide bonds. The van der Waals surface area contributed by atoms with Gasteiger partial charge in [0.05, 0.1) is 0 Å². The van der Waals surface area contributed by atoms with E-state index in [0.717, 1.165) is 22.4 Å². The van der Waals surface area contributed by atoms with Gasteiger partial charge in [0.2, 0.25) is 0 Å². The third-order valence-corrected chi connectivity index (χ3v) is 4.17. The predicted molar refractivity (Wildman–Crippen MR) is 79.7 cm³/mol. The maximum absolute atomic E-state index is 13.2. The molecule has 0 saturated carbocycles. The molecule has 19 heavy (non-hydrogen) atoms. The van der Waals surface area contributed by atoms with Crippen molar-refractivity contribution in [1.82, 2.24) is 0 Å². The van der Waals surface area contributed by atoms with Crippen LogP contribution >= 0.6 is 11.8 Å². The van der Waals surface area contributed by atoms with Crippen LogP contribution in [0.25, 0.3) is 0 Å². The molecular weight excluding hydrogens is 257 g/mol. The summed E-state index contributed by atoms with van der Waals surface area (Å²) in [6.07, 6.45) is 0. The highest BCUT2D eigenvalue weighted by molar-refractivity contribution is 7.98. The van der Waals surface area contributed by atoms with E-state index in [2.05, 4.69) is 12.1 Å². The summed E-state index contributed by atoms with van der Waals surface area (Å²) in [4.78, 5) is 1.17. The smallest absolute Gasteiger partial charge is 0.123 e. The second kappa shape index (κ2) is 6.22. The van der Waals surface area contributed by atoms with Gasteiger partial charge in [-0.05, 0) is 54.8 Å². The first-order valence-electron chi connectivity index (χ1n) is 6.29. The Balaban J connectivity index is 2.04. The van der Waals surface area contributed by atoms with Gasteiger partial charge in [-0.15, -0.1) is 11.8 Å². The van der Waals surface area contributed by atoms with Gasteiger partial charge in [-0.2, -0.15) is 0 Å². The number of halogens is 1. The average Bonchev–Trinajstić information content (AvgIpc) is 2.40. The van der Waals surface area contributed by atoms with Gasteiger partial charge in [0.1, 0.15) is 5.82 Å². The van der Waals surface area contributed by atoms with Crippen LogP contribution in [0.2, 0.25) is 0 Å². The molecule has 0 fully saturated rings. The molecule has 0 aromatic heterocycles. The van der Waals surface area contributed by atoms with Crippen LogP contribution in [-0.2, 0) is 5.75 Å². The molecule has 0 aliphatic rings. The van der Waals surface area contributed by atoms with E-state index in [9.17, 15) is 4.39 Å². The van der Waals surface area contributed by atoms with Crippen LogP contribution < -0.4 is 5.73 Å². The maximum atomic E-state index is 13.2. The van der Waals surface area contributed by atoms with Crippen molar-refractivity contribution in [3.63, 3.8) is 0 Å². The zero-order valence-corrected chi connectivity index (χ0v) is 12.0. The molecule has 0 bridgehead atoms. The molecule has 100 valence electrons. The average molecular weight is 275 g/mol. The summed E-state index contributed by atoms with van der Waals surface area (Å²) in [5, 5.41) is 0. The quantitative estimate of drug-likeness (QED) is 0.834. The summed E-state index contributed by atoms with van der Waals surface area (Å²) in [6.45, 7) is 3.98. The number of thioether (sulfide) groups is 1. The standard InChI is InChI=1S/C16H18FNS/c1-11-3-6-15(17)9-14(11)10-19-16-7-4-13(5-8-16)12(2)18/h3-9,12H,10,18H2,1-2H3. The fourth-order valence-electron chi connectivity index (χ4n) is 1.82. The molecule has 1 nitrogen and oxygen atoms in total. The summed E-state index contributed by atoms with van der Waals surface area (Å²) in [7, 11) is 0. The predicted octanol–water partition coefficient (Wildman–Crippen LogP) is 4.45. The Morgan fingerprint density at radius 2 is 1.84 bits per heavy atom. The molecule has 3 heteroatoms. The Morgan fingerprint density at radius 1 is 1.16 bits per heavy atom. The fourth-order valence-corrected chi connectivity index (χ4v) is 2.79. The normalized spacial score (nSPS) is 12.4. The lowest BCUT2D eigenvalue weighted by atomic mass is 10.1. The Kier molecular flexibility index (Phi) is 4.61. The van der Waals surface area contributed by atoms with Crippen molar-refractivity contribution >= 4 is 11.8 Å². The van der Waals surface area contributed by atoms with E-state index in [4.69, 9.17) is 5.73 Å². The summed E-state index contributed by atoms with van der Waals surface area (Å²) in [5.74, 6) is 0.606. The van der Waals surface area contributed by atoms with E-state index in [1.165, 1.54) is 11.0 Å². The minimum Gasteiger partial charge on any atom is -0.324 e. The highest BCUT2D eigenvalue weighted by Crippen LogP contribution is 2.25. The zero-order chi connectivity index (χ0) is 13.8. The minimum atomic E-state index is -0.173. The number of hydrogen-bond acceptors (Lipinski definition) is 2. The highest BCUT2D eigenvalue weighted by atomic mass is 32.2. The van der Waals surface area contributed by atoms with Gasteiger partial charge in [-0.3, -0.25) is 0 Å². The highest BCUT2D eigenvalue weighted by Gasteiger charge is 2.03. The van der Waals surface area contributed by atoms with E-state index in [1.807, 2.05) is 32.0 Å². The van der Waals surface area contributed by atoms with Gasteiger partial charge in [0.25, 0.3) is 0 Å². The van der Waals surface area contributed by atoms with Gasteiger partial charge >= 0.3 is 0 Å². The van der Waals surface area contributed by atoms with Crippen molar-refractivity contribution < 1.29 is 4.39 Å². The van der Waals surface area contributed by atoms with Gasteiger partial charge in [0.15, 0.2) is 0 Å². The van der Waals surface area contributed by atoms with E-state index < -0.39 is 0 Å². The summed E-state index contributed by atoms with van der Waals surface area (Å²) in [5.41, 5.74) is 9.12. The van der Waals surface area contributed by atoms with Crippen LogP contribution in [-0.4, -0.2) is 0 Å². The molecule has 1 unspecified atom stereocenters. The Morgan fingerprint density at radius 3 is 2.47 bits per heavy atom. The van der Waals surface area contributed by atoms with Crippen molar-refractivity contribution in [2.45, 2.75) is 30.5 Å². The number of aryl methyl sites for hydroxylation is 1. The Labute approximate surface area is 118 Å². The second-order valence-electron chi connectivity index (χ2n) is 4.72. The monoisotopic (exact) mass is 275 g/mol. The third-order valence-electron chi connectivity index (χ3n) is 3.11. The van der Waals surface area contributed by atoms with E-state index in [0.29, 0.717) is 0 Å². The zero-order valence-electron chi connectivity index (χ0n) is 11.2. The molecule has 0 radical (unpaired) electrons. The first-order valence-corrected chi connectivity index (χ1v) is 7.28. The number of hydrogen-bond donors (Lipinski definition) is 1. The van der Waals surface area contributed by atoms with Gasteiger partial charge in [-0.25, -0.2) is 4.39 Å². The molecule has 0 aliphatic carbocycles. The SMILES string of the molecule is Cc1ccc(F)cc1CSc1ccc(C(C)N)cc1. The van der Waals surface area contributed by atoms with Gasteiger partial charge in [0, 0.05) is 16.7 Å². The number of nitrogens with two attached hydrogens (primary N) is 1. The minimum absolute atomic E-state index is 0.0597. The van der Waals surface area contributed by atoms with E-state index in [-0.39, 0.29) is 11.9 Å². The first kappa shape index (κ1) is 14.1. The Bertz CT molecular complexity index is 549. The molecule has 2 rings (SSSR count). The number of rotatable bonds is 4. The molecule has 0 aliphatic heterocycles. The summed E-state index contributed by atoms with van der Waals surface area (Å²) >= 11 is 1.71. The molecule has 2 aromatic rings. The molecular formula is C16H18FNS. The molecule has 0 spiro atoms. The van der Waals surface area contributed by atoms with E-state index in [1.54, 1.807) is 17.8 Å². The fraction of sp³-hybridized carbons (Fsp3) is 0.250. The third kappa shape index (κ3) is 3.82. The van der Waals surface area contributed by atoms with E-state index >= 15 is 0 Å². The maximum Gasteiger partial charge on any atom is 0.123 e. The van der Waals surface area contributed by atoms with Crippen LogP contribution in [0.5, 0.6) is 0 Å². The lowest BCUT2D eigenvalue weighted by Crippen LogP contribution is -2.04. The molecule has 1 atom stereocenters. The first-order chi connectivity index (χ1) is 9.06. The van der Waals surface area contributed by atoms with Crippen LogP contribution in [0.1, 0.15) is 29.7 Å². The van der Waals surface area contributed by atoms with Crippen LogP contribution in [0.4, 0.5) is 4.39 Å². The van der Waals surface area contributed by atoms with Crippen molar-refractivity contribution in [3.05, 3.63) is 65.0 Å². The lowest BCUT2D eigenvalue weighted by molar-refractivity contribution is 0.626. The van der Waals surface area contributed by atoms with Crippen molar-refractivity contribution in [2.75, 3.05) is 0 Å². The molecule has 2 aromatic carbocycles. The van der Waals surface area contributed by atoms with Crippen molar-refractivity contribution in [3.8, 4) is 0 Å². The summed E-state index contributed by atoms with van der Waals surface area (Å²) in [6, 6.07) is 13.2. The Hall–Kier alpha value is -1.32. The second-order valence-corrected chi connectivity index (χ2v) is 5.77. The molecule has 0 heterocycles. The number of benzene rings is 2. The topological polar surface area (TPSA) is 26.0 Å². The van der Waals surface area contributed by atoms with Gasteiger partial charge < -0.3 is 5.73 Å². The van der Waals surface area contributed by atoms with Crippen LogP contribution in [0, 0.1) is 12.7 Å². The van der Waals surface area contributed by atoms with Crippen molar-refractivity contribution in [1.29, 1.82) is 0 Å². The molecule has 2 N–H and O–H groups in total. The molecule has 0 saturated heterocycles. The summed E-state index contributed by atoms with van der Waals surface area (Å²) < 4.78 is 13.2. The lowest BCUT2D eigenvalue weighted by Gasteiger charge is -2.08. The van der Waals surface area contributed by atoms with Gasteiger partial charge in [-0.1, -0.05) is 18.2 Å².